The van der Waals surface area contributed by atoms with E-state index >= 15 is 0 Å². The number of nitrogens with one attached hydrogen (secondary N) is 1. The quantitative estimate of drug-likeness (QED) is 0.670. The highest BCUT2D eigenvalue weighted by atomic mass is 32.2. The van der Waals surface area contributed by atoms with Gasteiger partial charge in [0, 0.05) is 31.6 Å². The third-order valence-corrected chi connectivity index (χ3v) is 7.52. The molecular formula is C18H27N3O2S. The van der Waals surface area contributed by atoms with Crippen LogP contribution in [0.1, 0.15) is 38.7 Å². The molecule has 6 heteroatoms. The first-order chi connectivity index (χ1) is 11.3. The third kappa shape index (κ3) is 3.43. The molecule has 2 aliphatic rings. The van der Waals surface area contributed by atoms with E-state index in [9.17, 15) is 8.42 Å². The van der Waals surface area contributed by atoms with Crippen molar-refractivity contribution in [1.29, 1.82) is 0 Å². The lowest BCUT2D eigenvalue weighted by atomic mass is 10.1. The van der Waals surface area contributed by atoms with Crippen molar-refractivity contribution in [1.82, 2.24) is 10.2 Å². The molecule has 0 radical (unpaired) electrons. The van der Waals surface area contributed by atoms with Crippen LogP contribution in [0.25, 0.3) is 0 Å². The number of rotatable bonds is 3. The second-order valence-electron chi connectivity index (χ2n) is 7.30. The molecule has 2 fully saturated rings. The summed E-state index contributed by atoms with van der Waals surface area (Å²) in [4.78, 5) is 6.71. The van der Waals surface area contributed by atoms with Gasteiger partial charge in [0.2, 0.25) is 0 Å². The van der Waals surface area contributed by atoms with Gasteiger partial charge in [0.1, 0.15) is 0 Å². The van der Waals surface area contributed by atoms with Crippen LogP contribution in [0.2, 0.25) is 0 Å². The van der Waals surface area contributed by atoms with Gasteiger partial charge < -0.3 is 10.2 Å². The summed E-state index contributed by atoms with van der Waals surface area (Å²) in [6, 6.07) is 10.9. The van der Waals surface area contributed by atoms with Crippen LogP contribution in [-0.2, 0) is 9.84 Å². The Hall–Kier alpha value is -1.56. The molecule has 1 saturated carbocycles. The van der Waals surface area contributed by atoms with E-state index < -0.39 is 14.6 Å². The summed E-state index contributed by atoms with van der Waals surface area (Å²) in [7, 11) is -3.03. The Morgan fingerprint density at radius 3 is 2.67 bits per heavy atom. The van der Waals surface area contributed by atoms with Crippen LogP contribution in [0, 0.1) is 0 Å². The molecule has 1 aromatic rings. The monoisotopic (exact) mass is 349 g/mol. The van der Waals surface area contributed by atoms with Crippen LogP contribution in [0.5, 0.6) is 0 Å². The van der Waals surface area contributed by atoms with Gasteiger partial charge in [0.05, 0.1) is 10.5 Å². The summed E-state index contributed by atoms with van der Waals surface area (Å²) in [5, 5.41) is 3.56. The van der Waals surface area contributed by atoms with Crippen molar-refractivity contribution in [2.24, 2.45) is 4.99 Å². The molecule has 1 saturated heterocycles. The summed E-state index contributed by atoms with van der Waals surface area (Å²) in [6.07, 6.45) is 1.10. The van der Waals surface area contributed by atoms with Crippen LogP contribution in [0.15, 0.2) is 35.3 Å². The van der Waals surface area contributed by atoms with Crippen molar-refractivity contribution in [3.05, 3.63) is 35.9 Å². The number of hydrogen-bond donors (Lipinski definition) is 1. The van der Waals surface area contributed by atoms with Crippen LogP contribution >= 0.6 is 0 Å². The second-order valence-corrected chi connectivity index (χ2v) is 10.0. The molecule has 1 aliphatic carbocycles. The standard InChI is InChI=1S/C18H27N3O2S/c1-4-19-17(21-10-11-24(22,23)18(2,3)13-21)20-16-12-15(16)14-8-6-5-7-9-14/h5-9,15-16H,4,10-13H2,1-3H3,(H,19,20). The molecule has 1 heterocycles. The van der Waals surface area contributed by atoms with Gasteiger partial charge in [-0.15, -0.1) is 0 Å². The minimum atomic E-state index is -3.03. The average Bonchev–Trinajstić information content (AvgIpc) is 3.30. The van der Waals surface area contributed by atoms with Gasteiger partial charge in [-0.1, -0.05) is 30.3 Å². The lowest BCUT2D eigenvalue weighted by molar-refractivity contribution is 0.352. The third-order valence-electron chi connectivity index (χ3n) is 4.98. The lowest BCUT2D eigenvalue weighted by Crippen LogP contribution is -2.57. The Kier molecular flexibility index (Phi) is 4.60. The topological polar surface area (TPSA) is 61.8 Å². The maximum absolute atomic E-state index is 12.2. The lowest BCUT2D eigenvalue weighted by Gasteiger charge is -2.39. The smallest absolute Gasteiger partial charge is 0.194 e. The van der Waals surface area contributed by atoms with Crippen LogP contribution < -0.4 is 5.32 Å². The Morgan fingerprint density at radius 1 is 1.33 bits per heavy atom. The fourth-order valence-electron chi connectivity index (χ4n) is 3.30. The molecule has 5 nitrogen and oxygen atoms in total. The highest BCUT2D eigenvalue weighted by Gasteiger charge is 2.43. The first-order valence-electron chi connectivity index (χ1n) is 8.67. The highest BCUT2D eigenvalue weighted by Crippen LogP contribution is 2.40. The molecular weight excluding hydrogens is 322 g/mol. The minimum Gasteiger partial charge on any atom is -0.353 e. The summed E-state index contributed by atoms with van der Waals surface area (Å²) in [5.74, 6) is 1.57. The predicted octanol–water partition coefficient (Wildman–Crippen LogP) is 2.02. The molecule has 2 unspecified atom stereocenters. The molecule has 24 heavy (non-hydrogen) atoms. The van der Waals surface area contributed by atoms with Gasteiger partial charge in [-0.25, -0.2) is 8.42 Å². The number of hydrogen-bond acceptors (Lipinski definition) is 3. The average molecular weight is 350 g/mol. The van der Waals surface area contributed by atoms with Gasteiger partial charge in [0.15, 0.2) is 15.8 Å². The number of aliphatic imine (C=N–C) groups is 1. The summed E-state index contributed by atoms with van der Waals surface area (Å²) in [5.41, 5.74) is 1.35. The van der Waals surface area contributed by atoms with E-state index in [1.165, 1.54) is 5.56 Å². The van der Waals surface area contributed by atoms with Crippen molar-refractivity contribution in [3.8, 4) is 0 Å². The number of sulfone groups is 1. The van der Waals surface area contributed by atoms with E-state index in [1.807, 2.05) is 26.8 Å². The molecule has 1 aliphatic heterocycles. The van der Waals surface area contributed by atoms with E-state index in [0.29, 0.717) is 31.6 Å². The summed E-state index contributed by atoms with van der Waals surface area (Å²) in [6.45, 7) is 7.32. The van der Waals surface area contributed by atoms with Crippen molar-refractivity contribution < 1.29 is 8.42 Å². The fraction of sp³-hybridized carbons (Fsp3) is 0.611. The molecule has 0 spiro atoms. The molecule has 2 atom stereocenters. The van der Waals surface area contributed by atoms with Crippen LogP contribution in [0.3, 0.4) is 0 Å². The Bertz CT molecular complexity index is 713. The molecule has 1 N–H and O–H groups in total. The first kappa shape index (κ1) is 17.3. The van der Waals surface area contributed by atoms with Crippen LogP contribution in [0.4, 0.5) is 0 Å². The van der Waals surface area contributed by atoms with E-state index in [2.05, 4.69) is 39.5 Å². The Morgan fingerprint density at radius 2 is 2.04 bits per heavy atom. The summed E-state index contributed by atoms with van der Waals surface area (Å²) >= 11 is 0. The number of guanidine groups is 1. The van der Waals surface area contributed by atoms with E-state index in [4.69, 9.17) is 0 Å². The number of nitrogens with zero attached hydrogens (tertiary/aromatic N) is 2. The fourth-order valence-corrected chi connectivity index (χ4v) is 4.67. The van der Waals surface area contributed by atoms with Gasteiger partial charge in [-0.05, 0) is 32.8 Å². The SMILES string of the molecule is CCN=C(NC1CC1c1ccccc1)N1CCS(=O)(=O)C(C)(C)C1. The largest absolute Gasteiger partial charge is 0.353 e. The van der Waals surface area contributed by atoms with E-state index in [-0.39, 0.29) is 5.75 Å². The van der Waals surface area contributed by atoms with Crippen LogP contribution in [-0.4, -0.2) is 55.5 Å². The summed E-state index contributed by atoms with van der Waals surface area (Å²) < 4.78 is 23.7. The molecule has 132 valence electrons. The molecule has 3 rings (SSSR count). The maximum atomic E-state index is 12.2. The zero-order chi connectivity index (χ0) is 17.4. The molecule has 0 bridgehead atoms. The molecule has 0 amide bonds. The second kappa shape index (κ2) is 6.39. The van der Waals surface area contributed by atoms with Gasteiger partial charge in [-0.2, -0.15) is 0 Å². The Balaban J connectivity index is 1.68. The zero-order valence-corrected chi connectivity index (χ0v) is 15.5. The zero-order valence-electron chi connectivity index (χ0n) is 14.7. The molecule has 0 aromatic heterocycles. The molecule has 1 aromatic carbocycles. The van der Waals surface area contributed by atoms with Crippen molar-refractivity contribution in [2.75, 3.05) is 25.4 Å². The van der Waals surface area contributed by atoms with Gasteiger partial charge in [0.25, 0.3) is 0 Å². The van der Waals surface area contributed by atoms with Crippen molar-refractivity contribution >= 4 is 15.8 Å². The highest BCUT2D eigenvalue weighted by molar-refractivity contribution is 7.92. The van der Waals surface area contributed by atoms with E-state index in [1.54, 1.807) is 0 Å². The predicted molar refractivity (Wildman–Crippen MR) is 98.1 cm³/mol. The van der Waals surface area contributed by atoms with Gasteiger partial charge >= 0.3 is 0 Å². The maximum Gasteiger partial charge on any atom is 0.194 e. The van der Waals surface area contributed by atoms with Crippen molar-refractivity contribution in [2.45, 2.75) is 43.9 Å². The van der Waals surface area contributed by atoms with E-state index in [0.717, 1.165) is 12.4 Å². The minimum absolute atomic E-state index is 0.192. The Labute approximate surface area is 145 Å². The normalized spacial score (nSPS) is 28.5. The number of benzene rings is 1. The first-order valence-corrected chi connectivity index (χ1v) is 10.3. The van der Waals surface area contributed by atoms with Gasteiger partial charge in [-0.3, -0.25) is 4.99 Å². The van der Waals surface area contributed by atoms with Crippen molar-refractivity contribution in [3.63, 3.8) is 0 Å².